The quantitative estimate of drug-likeness (QED) is 0.731. The van der Waals surface area contributed by atoms with Gasteiger partial charge in [-0.2, -0.15) is 0 Å². The van der Waals surface area contributed by atoms with Crippen molar-refractivity contribution in [1.82, 2.24) is 5.32 Å². The molecule has 16 heavy (non-hydrogen) atoms. The molecule has 1 aliphatic rings. The van der Waals surface area contributed by atoms with Gasteiger partial charge in [0.2, 0.25) is 0 Å². The highest BCUT2D eigenvalue weighted by molar-refractivity contribution is 4.85. The lowest BCUT2D eigenvalue weighted by atomic mass is 9.75. The standard InChI is InChI=1S/C14H29NO/c1-4-5-7-13(11-16)15-12-8-6-9-14(2,3)10-12/h12-13,15-16H,4-11H2,1-3H3. The zero-order valence-corrected chi connectivity index (χ0v) is 11.3. The van der Waals surface area contributed by atoms with Gasteiger partial charge in [-0.25, -0.2) is 0 Å². The van der Waals surface area contributed by atoms with Gasteiger partial charge in [0.15, 0.2) is 0 Å². The molecule has 2 unspecified atom stereocenters. The monoisotopic (exact) mass is 227 g/mol. The maximum absolute atomic E-state index is 9.35. The molecule has 0 amide bonds. The van der Waals surface area contributed by atoms with Crippen LogP contribution in [-0.4, -0.2) is 23.8 Å². The van der Waals surface area contributed by atoms with Crippen molar-refractivity contribution < 1.29 is 5.11 Å². The van der Waals surface area contributed by atoms with Crippen LogP contribution < -0.4 is 5.32 Å². The smallest absolute Gasteiger partial charge is 0.0584 e. The van der Waals surface area contributed by atoms with Gasteiger partial charge in [0, 0.05) is 12.1 Å². The van der Waals surface area contributed by atoms with Gasteiger partial charge in [-0.05, 0) is 31.1 Å². The minimum Gasteiger partial charge on any atom is -0.395 e. The molecular formula is C14H29NO. The van der Waals surface area contributed by atoms with E-state index in [1.54, 1.807) is 0 Å². The molecule has 1 aliphatic carbocycles. The third kappa shape index (κ3) is 4.84. The topological polar surface area (TPSA) is 32.3 Å². The van der Waals surface area contributed by atoms with E-state index in [9.17, 15) is 5.11 Å². The summed E-state index contributed by atoms with van der Waals surface area (Å²) < 4.78 is 0. The van der Waals surface area contributed by atoms with Crippen LogP contribution in [0.5, 0.6) is 0 Å². The minimum atomic E-state index is 0.289. The molecule has 1 saturated carbocycles. The largest absolute Gasteiger partial charge is 0.395 e. The van der Waals surface area contributed by atoms with Crippen molar-refractivity contribution in [2.45, 2.75) is 77.8 Å². The van der Waals surface area contributed by atoms with Crippen LogP contribution in [0.2, 0.25) is 0 Å². The second-order valence-corrected chi connectivity index (χ2v) is 6.15. The Morgan fingerprint density at radius 2 is 2.19 bits per heavy atom. The Morgan fingerprint density at radius 1 is 1.44 bits per heavy atom. The zero-order valence-electron chi connectivity index (χ0n) is 11.3. The van der Waals surface area contributed by atoms with Crippen LogP contribution in [0.3, 0.4) is 0 Å². The number of nitrogens with one attached hydrogen (secondary N) is 1. The predicted octanol–water partition coefficient (Wildman–Crippen LogP) is 3.10. The van der Waals surface area contributed by atoms with Crippen LogP contribution in [0.25, 0.3) is 0 Å². The second-order valence-electron chi connectivity index (χ2n) is 6.15. The van der Waals surface area contributed by atoms with Crippen molar-refractivity contribution in [1.29, 1.82) is 0 Å². The maximum atomic E-state index is 9.35. The zero-order chi connectivity index (χ0) is 12.0. The molecule has 1 rings (SSSR count). The predicted molar refractivity (Wildman–Crippen MR) is 69.6 cm³/mol. The highest BCUT2D eigenvalue weighted by Crippen LogP contribution is 2.35. The first-order valence-electron chi connectivity index (χ1n) is 6.94. The normalized spacial score (nSPS) is 26.6. The molecule has 0 heterocycles. The molecule has 0 radical (unpaired) electrons. The van der Waals surface area contributed by atoms with Crippen molar-refractivity contribution in [2.75, 3.05) is 6.61 Å². The molecule has 0 bridgehead atoms. The van der Waals surface area contributed by atoms with Crippen molar-refractivity contribution in [3.63, 3.8) is 0 Å². The summed E-state index contributed by atoms with van der Waals surface area (Å²) in [6.07, 6.45) is 8.77. The summed E-state index contributed by atoms with van der Waals surface area (Å²) in [5, 5.41) is 13.0. The molecule has 0 aromatic heterocycles. The molecule has 0 aliphatic heterocycles. The summed E-state index contributed by atoms with van der Waals surface area (Å²) >= 11 is 0. The van der Waals surface area contributed by atoms with E-state index in [4.69, 9.17) is 0 Å². The van der Waals surface area contributed by atoms with E-state index in [2.05, 4.69) is 26.1 Å². The van der Waals surface area contributed by atoms with Crippen LogP contribution in [0.15, 0.2) is 0 Å². The van der Waals surface area contributed by atoms with E-state index >= 15 is 0 Å². The molecule has 2 heteroatoms. The molecule has 1 fully saturated rings. The van der Waals surface area contributed by atoms with Crippen LogP contribution >= 0.6 is 0 Å². The molecule has 2 nitrogen and oxygen atoms in total. The van der Waals surface area contributed by atoms with E-state index in [1.165, 1.54) is 38.5 Å². The molecule has 2 atom stereocenters. The molecule has 0 aromatic carbocycles. The Hall–Kier alpha value is -0.0800. The average Bonchev–Trinajstić information content (AvgIpc) is 2.22. The summed E-state index contributed by atoms with van der Waals surface area (Å²) in [6, 6.07) is 0.941. The SMILES string of the molecule is CCCCC(CO)NC1CCCC(C)(C)C1. The molecular weight excluding hydrogens is 198 g/mol. The first-order chi connectivity index (χ1) is 7.57. The average molecular weight is 227 g/mol. The van der Waals surface area contributed by atoms with E-state index in [1.807, 2.05) is 0 Å². The van der Waals surface area contributed by atoms with E-state index in [-0.39, 0.29) is 6.61 Å². The Bertz CT molecular complexity index is 191. The maximum Gasteiger partial charge on any atom is 0.0584 e. The highest BCUT2D eigenvalue weighted by Gasteiger charge is 2.28. The number of aliphatic hydroxyl groups is 1. The van der Waals surface area contributed by atoms with Crippen LogP contribution in [0, 0.1) is 5.41 Å². The lowest BCUT2D eigenvalue weighted by molar-refractivity contribution is 0.162. The van der Waals surface area contributed by atoms with Crippen molar-refractivity contribution in [3.8, 4) is 0 Å². The molecule has 2 N–H and O–H groups in total. The lowest BCUT2D eigenvalue weighted by Gasteiger charge is -2.37. The first-order valence-corrected chi connectivity index (χ1v) is 6.94. The fraction of sp³-hybridized carbons (Fsp3) is 1.00. The number of unbranched alkanes of at least 4 members (excludes halogenated alkanes) is 1. The second kappa shape index (κ2) is 6.61. The van der Waals surface area contributed by atoms with Crippen LogP contribution in [0.4, 0.5) is 0 Å². The van der Waals surface area contributed by atoms with Crippen molar-refractivity contribution >= 4 is 0 Å². The summed E-state index contributed by atoms with van der Waals surface area (Å²) in [4.78, 5) is 0. The summed E-state index contributed by atoms with van der Waals surface area (Å²) in [5.74, 6) is 0. The Morgan fingerprint density at radius 3 is 2.75 bits per heavy atom. The van der Waals surface area contributed by atoms with E-state index in [0.717, 1.165) is 6.42 Å². The van der Waals surface area contributed by atoms with Gasteiger partial charge in [-0.1, -0.05) is 40.0 Å². The Balaban J connectivity index is 2.33. The first kappa shape index (κ1) is 14.0. The van der Waals surface area contributed by atoms with Crippen molar-refractivity contribution in [2.24, 2.45) is 5.41 Å². The summed E-state index contributed by atoms with van der Waals surface area (Å²) in [5.41, 5.74) is 0.487. The van der Waals surface area contributed by atoms with Gasteiger partial charge in [0.25, 0.3) is 0 Å². The molecule has 0 aromatic rings. The Kier molecular flexibility index (Phi) is 5.77. The lowest BCUT2D eigenvalue weighted by Crippen LogP contribution is -2.44. The number of hydrogen-bond acceptors (Lipinski definition) is 2. The van der Waals surface area contributed by atoms with E-state index < -0.39 is 0 Å². The van der Waals surface area contributed by atoms with Gasteiger partial charge in [0.05, 0.1) is 6.61 Å². The highest BCUT2D eigenvalue weighted by atomic mass is 16.3. The van der Waals surface area contributed by atoms with Crippen LogP contribution in [-0.2, 0) is 0 Å². The molecule has 0 spiro atoms. The van der Waals surface area contributed by atoms with Crippen molar-refractivity contribution in [3.05, 3.63) is 0 Å². The minimum absolute atomic E-state index is 0.289. The number of hydrogen-bond donors (Lipinski definition) is 2. The third-order valence-electron chi connectivity index (χ3n) is 3.80. The number of rotatable bonds is 6. The summed E-state index contributed by atoms with van der Waals surface area (Å²) in [6.45, 7) is 7.22. The van der Waals surface area contributed by atoms with Gasteiger partial charge in [0.1, 0.15) is 0 Å². The molecule has 96 valence electrons. The summed E-state index contributed by atoms with van der Waals surface area (Å²) in [7, 11) is 0. The van der Waals surface area contributed by atoms with Gasteiger partial charge < -0.3 is 10.4 Å². The van der Waals surface area contributed by atoms with Crippen LogP contribution in [0.1, 0.15) is 65.7 Å². The molecule has 0 saturated heterocycles. The van der Waals surface area contributed by atoms with Gasteiger partial charge in [-0.15, -0.1) is 0 Å². The fourth-order valence-corrected chi connectivity index (χ4v) is 2.85. The third-order valence-corrected chi connectivity index (χ3v) is 3.80. The van der Waals surface area contributed by atoms with Gasteiger partial charge >= 0.3 is 0 Å². The Labute approximate surface area is 101 Å². The van der Waals surface area contributed by atoms with E-state index in [0.29, 0.717) is 17.5 Å². The fourth-order valence-electron chi connectivity index (χ4n) is 2.85. The van der Waals surface area contributed by atoms with Gasteiger partial charge in [-0.3, -0.25) is 0 Å². The number of aliphatic hydroxyl groups excluding tert-OH is 1.